The Labute approximate surface area is 129 Å². The van der Waals surface area contributed by atoms with Gasteiger partial charge in [0, 0.05) is 0 Å². The van der Waals surface area contributed by atoms with Crippen LogP contribution in [0.1, 0.15) is 0 Å². The SMILES string of the molecule is O=S(=O)(O)CC(S(=O)(=O)O)S(=O)(=O)O.[K+]. The zero-order valence-corrected chi connectivity index (χ0v) is 12.9. The van der Waals surface area contributed by atoms with E-state index < -0.39 is 40.7 Å². The zero-order chi connectivity index (χ0) is 11.8. The van der Waals surface area contributed by atoms with Crippen LogP contribution in [-0.4, -0.2) is 49.2 Å². The van der Waals surface area contributed by atoms with E-state index in [0.717, 1.165) is 0 Å². The maximum Gasteiger partial charge on any atom is 1.00 e. The molecular formula is C2H6KO9S3+. The maximum absolute atomic E-state index is 10.3. The van der Waals surface area contributed by atoms with Gasteiger partial charge < -0.3 is 0 Å². The van der Waals surface area contributed by atoms with Gasteiger partial charge in [-0.25, -0.2) is 0 Å². The molecule has 86 valence electrons. The average Bonchev–Trinajstić information content (AvgIpc) is 1.75. The second-order valence-electron chi connectivity index (χ2n) is 2.21. The second kappa shape index (κ2) is 5.81. The van der Waals surface area contributed by atoms with E-state index in [2.05, 4.69) is 0 Å². The van der Waals surface area contributed by atoms with Gasteiger partial charge in [-0.05, 0) is 0 Å². The summed E-state index contributed by atoms with van der Waals surface area (Å²) < 4.78 is 83.1. The molecular weight excluding hydrogens is 303 g/mol. The van der Waals surface area contributed by atoms with Crippen molar-refractivity contribution in [2.24, 2.45) is 0 Å². The summed E-state index contributed by atoms with van der Waals surface area (Å²) in [7, 11) is -15.6. The largest absolute Gasteiger partial charge is 1.00 e. The summed E-state index contributed by atoms with van der Waals surface area (Å²) >= 11 is 0. The molecule has 0 aromatic rings. The predicted octanol–water partition coefficient (Wildman–Crippen LogP) is -5.02. The van der Waals surface area contributed by atoms with E-state index in [9.17, 15) is 25.3 Å². The fraction of sp³-hybridized carbons (Fsp3) is 1.00. The van der Waals surface area contributed by atoms with Gasteiger partial charge in [0.2, 0.25) is 4.58 Å². The van der Waals surface area contributed by atoms with Gasteiger partial charge in [0.05, 0.1) is 0 Å². The van der Waals surface area contributed by atoms with Crippen LogP contribution in [0.5, 0.6) is 0 Å². The van der Waals surface area contributed by atoms with Crippen molar-refractivity contribution in [3.8, 4) is 0 Å². The molecule has 0 rings (SSSR count). The summed E-state index contributed by atoms with van der Waals surface area (Å²) in [4.78, 5) is 0. The van der Waals surface area contributed by atoms with E-state index in [1.165, 1.54) is 0 Å². The van der Waals surface area contributed by atoms with Gasteiger partial charge in [-0.15, -0.1) is 0 Å². The third-order valence-corrected chi connectivity index (χ3v) is 5.31. The minimum atomic E-state index is -5.33. The van der Waals surface area contributed by atoms with E-state index in [1.807, 2.05) is 0 Å². The topological polar surface area (TPSA) is 163 Å². The van der Waals surface area contributed by atoms with Crippen LogP contribution in [0.3, 0.4) is 0 Å². The van der Waals surface area contributed by atoms with Crippen molar-refractivity contribution < 1.29 is 90.3 Å². The van der Waals surface area contributed by atoms with Crippen molar-refractivity contribution in [3.63, 3.8) is 0 Å². The molecule has 0 saturated heterocycles. The molecule has 0 atom stereocenters. The molecule has 0 heterocycles. The van der Waals surface area contributed by atoms with Crippen molar-refractivity contribution in [3.05, 3.63) is 0 Å². The molecule has 0 bridgehead atoms. The molecule has 3 N–H and O–H groups in total. The Bertz CT molecular complexity index is 464. The first-order valence-corrected chi connectivity index (χ1v) is 7.33. The number of hydrogen-bond donors (Lipinski definition) is 3. The molecule has 0 aromatic carbocycles. The fourth-order valence-corrected chi connectivity index (χ4v) is 4.48. The average molecular weight is 309 g/mol. The normalized spacial score (nSPS) is 13.6. The molecule has 0 saturated carbocycles. The molecule has 0 aliphatic carbocycles. The molecule has 0 aliphatic rings. The molecule has 0 amide bonds. The molecule has 0 radical (unpaired) electrons. The van der Waals surface area contributed by atoms with E-state index >= 15 is 0 Å². The van der Waals surface area contributed by atoms with E-state index in [0.29, 0.717) is 0 Å². The molecule has 0 unspecified atom stereocenters. The third kappa shape index (κ3) is 8.14. The van der Waals surface area contributed by atoms with Gasteiger partial charge in [0.1, 0.15) is 5.75 Å². The Morgan fingerprint density at radius 3 is 1.13 bits per heavy atom. The summed E-state index contributed by atoms with van der Waals surface area (Å²) in [5.41, 5.74) is 0. The third-order valence-electron chi connectivity index (χ3n) is 1.01. The predicted molar refractivity (Wildman–Crippen MR) is 43.3 cm³/mol. The summed E-state index contributed by atoms with van der Waals surface area (Å²) in [6, 6.07) is 0. The number of hydrogen-bond acceptors (Lipinski definition) is 6. The van der Waals surface area contributed by atoms with Crippen LogP contribution in [0.4, 0.5) is 0 Å². The van der Waals surface area contributed by atoms with E-state index in [1.54, 1.807) is 0 Å². The molecule has 9 nitrogen and oxygen atoms in total. The van der Waals surface area contributed by atoms with Crippen molar-refractivity contribution in [1.82, 2.24) is 0 Å². The van der Waals surface area contributed by atoms with Crippen LogP contribution in [0.25, 0.3) is 0 Å². The van der Waals surface area contributed by atoms with Crippen LogP contribution in [-0.2, 0) is 30.4 Å². The Morgan fingerprint density at radius 1 is 0.800 bits per heavy atom. The first kappa shape index (κ1) is 18.7. The van der Waals surface area contributed by atoms with Crippen molar-refractivity contribution in [1.29, 1.82) is 0 Å². The first-order valence-electron chi connectivity index (χ1n) is 2.72. The monoisotopic (exact) mass is 309 g/mol. The molecule has 0 aliphatic heterocycles. The zero-order valence-electron chi connectivity index (χ0n) is 7.30. The van der Waals surface area contributed by atoms with Gasteiger partial charge >= 0.3 is 51.4 Å². The smallest absolute Gasteiger partial charge is 0.285 e. The van der Waals surface area contributed by atoms with Crippen LogP contribution in [0.2, 0.25) is 0 Å². The van der Waals surface area contributed by atoms with Crippen molar-refractivity contribution in [2.75, 3.05) is 5.75 Å². The molecule has 0 spiro atoms. The Balaban J connectivity index is 0. The molecule has 15 heavy (non-hydrogen) atoms. The Kier molecular flexibility index (Phi) is 7.25. The van der Waals surface area contributed by atoms with Gasteiger partial charge in [-0.2, -0.15) is 25.3 Å². The molecule has 0 fully saturated rings. The standard InChI is InChI=1S/C2H6O9S3.K/c3-12(4,5)1-2(13(6,7)8)14(9,10)11;/h2H,1H2,(H,3,4,5)(H,6,7,8)(H,9,10,11);/q;+1. The summed E-state index contributed by atoms with van der Waals surface area (Å²) in [5.74, 6) is -1.84. The summed E-state index contributed by atoms with van der Waals surface area (Å²) in [6.07, 6.45) is 0. The van der Waals surface area contributed by atoms with Gasteiger partial charge in [0.15, 0.2) is 0 Å². The van der Waals surface area contributed by atoms with Crippen LogP contribution < -0.4 is 51.4 Å². The van der Waals surface area contributed by atoms with Crippen molar-refractivity contribution >= 4 is 30.4 Å². The van der Waals surface area contributed by atoms with Crippen molar-refractivity contribution in [2.45, 2.75) is 4.58 Å². The van der Waals surface area contributed by atoms with E-state index in [-0.39, 0.29) is 51.4 Å². The second-order valence-corrected chi connectivity index (χ2v) is 7.20. The minimum absolute atomic E-state index is 0. The minimum Gasteiger partial charge on any atom is -0.285 e. The van der Waals surface area contributed by atoms with Crippen LogP contribution in [0.15, 0.2) is 0 Å². The molecule has 0 aromatic heterocycles. The number of rotatable bonds is 4. The summed E-state index contributed by atoms with van der Waals surface area (Å²) in [6.45, 7) is 0. The fourth-order valence-electron chi connectivity index (χ4n) is 0.498. The Hall–Kier alpha value is 1.37. The van der Waals surface area contributed by atoms with Gasteiger partial charge in [0.25, 0.3) is 30.4 Å². The molecule has 13 heteroatoms. The first-order chi connectivity index (χ1) is 5.84. The van der Waals surface area contributed by atoms with E-state index in [4.69, 9.17) is 13.7 Å². The Morgan fingerprint density at radius 2 is 1.07 bits per heavy atom. The van der Waals surface area contributed by atoms with Crippen LogP contribution >= 0.6 is 0 Å². The van der Waals surface area contributed by atoms with Crippen LogP contribution in [0, 0.1) is 0 Å². The maximum atomic E-state index is 10.3. The quantitative estimate of drug-likeness (QED) is 0.340. The summed E-state index contributed by atoms with van der Waals surface area (Å²) in [5, 5.41) is 0. The van der Waals surface area contributed by atoms with Gasteiger partial charge in [-0.3, -0.25) is 13.7 Å². The van der Waals surface area contributed by atoms with Gasteiger partial charge in [-0.1, -0.05) is 0 Å².